The Labute approximate surface area is 162 Å². The maximum absolute atomic E-state index is 13.4. The van der Waals surface area contributed by atoms with Gasteiger partial charge in [-0.15, -0.1) is 12.4 Å². The predicted molar refractivity (Wildman–Crippen MR) is 105 cm³/mol. The number of fused-ring (bicyclic) bond motifs is 2. The van der Waals surface area contributed by atoms with E-state index < -0.39 is 0 Å². The van der Waals surface area contributed by atoms with Crippen LogP contribution < -0.4 is 10.5 Å². The van der Waals surface area contributed by atoms with Crippen LogP contribution in [0.5, 0.6) is 5.75 Å². The van der Waals surface area contributed by atoms with E-state index in [1.165, 1.54) is 19.3 Å². The zero-order chi connectivity index (χ0) is 17.4. The van der Waals surface area contributed by atoms with Crippen molar-refractivity contribution in [1.82, 2.24) is 4.90 Å². The van der Waals surface area contributed by atoms with E-state index in [0.29, 0.717) is 36.4 Å². The number of halogens is 1. The first-order valence-corrected chi connectivity index (χ1v) is 9.85. The van der Waals surface area contributed by atoms with E-state index in [2.05, 4.69) is 11.0 Å². The highest BCUT2D eigenvalue weighted by atomic mass is 35.5. The van der Waals surface area contributed by atoms with Gasteiger partial charge in [0, 0.05) is 30.1 Å². The number of nitrogens with two attached hydrogens (primary N) is 1. The van der Waals surface area contributed by atoms with E-state index in [0.717, 1.165) is 37.0 Å². The lowest BCUT2D eigenvalue weighted by molar-refractivity contribution is -0.140. The summed E-state index contributed by atoms with van der Waals surface area (Å²) in [7, 11) is 1.70. The second kappa shape index (κ2) is 8.18. The Kier molecular flexibility index (Phi) is 6.13. The van der Waals surface area contributed by atoms with Crippen molar-refractivity contribution in [2.24, 2.45) is 23.5 Å². The molecule has 0 heterocycles. The van der Waals surface area contributed by atoms with Crippen molar-refractivity contribution < 1.29 is 9.53 Å². The lowest BCUT2D eigenvalue weighted by Gasteiger charge is -2.44. The van der Waals surface area contributed by atoms with Gasteiger partial charge in [-0.1, -0.05) is 24.6 Å². The second-order valence-corrected chi connectivity index (χ2v) is 8.21. The molecule has 4 nitrogen and oxygen atoms in total. The van der Waals surface area contributed by atoms with Gasteiger partial charge in [-0.25, -0.2) is 0 Å². The molecular formula is C21H31ClN2O2. The molecule has 5 heteroatoms. The number of hydrogen-bond acceptors (Lipinski definition) is 3. The van der Waals surface area contributed by atoms with Crippen LogP contribution in [0.3, 0.4) is 0 Å². The molecule has 1 aromatic carbocycles. The monoisotopic (exact) mass is 378 g/mol. The minimum absolute atomic E-state index is 0. The lowest BCUT2D eigenvalue weighted by atomic mass is 9.65. The summed E-state index contributed by atoms with van der Waals surface area (Å²) in [5, 5.41) is 0. The van der Waals surface area contributed by atoms with Crippen molar-refractivity contribution >= 4 is 18.3 Å². The first-order chi connectivity index (χ1) is 12.2. The fourth-order valence-corrected chi connectivity index (χ4v) is 5.02. The summed E-state index contributed by atoms with van der Waals surface area (Å²) in [6.45, 7) is 0.672. The van der Waals surface area contributed by atoms with Crippen molar-refractivity contribution in [1.29, 1.82) is 0 Å². The van der Waals surface area contributed by atoms with E-state index in [1.807, 2.05) is 18.2 Å². The molecule has 26 heavy (non-hydrogen) atoms. The van der Waals surface area contributed by atoms with E-state index in [9.17, 15) is 4.79 Å². The number of carbonyl (C=O) groups excluding carboxylic acids is 1. The highest BCUT2D eigenvalue weighted by Gasteiger charge is 2.43. The number of hydrogen-bond donors (Lipinski definition) is 1. The van der Waals surface area contributed by atoms with Gasteiger partial charge >= 0.3 is 0 Å². The van der Waals surface area contributed by atoms with Gasteiger partial charge in [0.05, 0.1) is 7.11 Å². The Morgan fingerprint density at radius 1 is 1.15 bits per heavy atom. The fraction of sp³-hybridized carbons (Fsp3) is 0.667. The molecule has 4 rings (SSSR count). The molecule has 2 bridgehead atoms. The van der Waals surface area contributed by atoms with Gasteiger partial charge in [0.25, 0.3) is 0 Å². The molecule has 144 valence electrons. The third-order valence-electron chi connectivity index (χ3n) is 6.57. The van der Waals surface area contributed by atoms with Crippen LogP contribution in [-0.2, 0) is 11.3 Å². The number of nitrogens with zero attached hydrogens (tertiary/aromatic N) is 1. The first-order valence-electron chi connectivity index (χ1n) is 9.85. The third-order valence-corrected chi connectivity index (χ3v) is 6.57. The van der Waals surface area contributed by atoms with Crippen molar-refractivity contribution in [3.63, 3.8) is 0 Å². The topological polar surface area (TPSA) is 55.6 Å². The molecule has 3 aliphatic rings. The molecule has 3 aliphatic carbocycles. The molecule has 0 saturated heterocycles. The lowest BCUT2D eigenvalue weighted by Crippen LogP contribution is -2.50. The summed E-state index contributed by atoms with van der Waals surface area (Å²) < 4.78 is 5.49. The zero-order valence-corrected chi connectivity index (χ0v) is 16.4. The molecule has 1 aromatic rings. The molecule has 2 atom stereocenters. The summed E-state index contributed by atoms with van der Waals surface area (Å²) in [5.41, 5.74) is 7.52. The van der Waals surface area contributed by atoms with Gasteiger partial charge in [-0.2, -0.15) is 0 Å². The molecule has 2 unspecified atom stereocenters. The summed E-state index contributed by atoms with van der Waals surface area (Å²) in [4.78, 5) is 15.5. The molecule has 0 aliphatic heterocycles. The average molecular weight is 379 g/mol. The predicted octanol–water partition coefficient (Wildman–Crippen LogP) is 3.76. The maximum Gasteiger partial charge on any atom is 0.226 e. The minimum atomic E-state index is 0. The zero-order valence-electron chi connectivity index (χ0n) is 15.6. The number of methoxy groups -OCH3 is 1. The Balaban J connectivity index is 0.00000196. The number of para-hydroxylation sites is 1. The van der Waals surface area contributed by atoms with Crippen molar-refractivity contribution in [3.05, 3.63) is 29.8 Å². The Bertz CT molecular complexity index is 620. The van der Waals surface area contributed by atoms with Crippen LogP contribution in [0.2, 0.25) is 0 Å². The van der Waals surface area contributed by atoms with Gasteiger partial charge < -0.3 is 15.4 Å². The minimum Gasteiger partial charge on any atom is -0.496 e. The second-order valence-electron chi connectivity index (χ2n) is 8.21. The Hall–Kier alpha value is -1.26. The van der Waals surface area contributed by atoms with Gasteiger partial charge in [-0.3, -0.25) is 4.79 Å². The third kappa shape index (κ3) is 3.86. The Morgan fingerprint density at radius 2 is 1.81 bits per heavy atom. The number of amides is 1. The largest absolute Gasteiger partial charge is 0.496 e. The van der Waals surface area contributed by atoms with Gasteiger partial charge in [0.1, 0.15) is 5.75 Å². The van der Waals surface area contributed by atoms with Gasteiger partial charge in [0.15, 0.2) is 0 Å². The quantitative estimate of drug-likeness (QED) is 0.848. The summed E-state index contributed by atoms with van der Waals surface area (Å²) >= 11 is 0. The SMILES string of the molecule is COc1ccccc1CN(C(=O)C1CC2CCCC(C1)C2N)C1CC1.Cl. The molecule has 0 spiro atoms. The molecule has 3 saturated carbocycles. The molecule has 3 fully saturated rings. The molecule has 0 aromatic heterocycles. The molecule has 1 amide bonds. The molecular weight excluding hydrogens is 348 g/mol. The van der Waals surface area contributed by atoms with Crippen LogP contribution in [-0.4, -0.2) is 30.0 Å². The standard InChI is InChI=1S/C21H30N2O2.ClH/c1-25-19-8-3-2-5-16(19)13-23(18-9-10-18)21(24)17-11-14-6-4-7-15(12-17)20(14)22;/h2-3,5,8,14-15,17-18,20H,4,6-7,9-13,22H2,1H3;1H. The van der Waals surface area contributed by atoms with Crippen LogP contribution in [0.25, 0.3) is 0 Å². The Morgan fingerprint density at radius 3 is 2.42 bits per heavy atom. The summed E-state index contributed by atoms with van der Waals surface area (Å²) in [6.07, 6.45) is 7.96. The van der Waals surface area contributed by atoms with Crippen molar-refractivity contribution in [2.45, 2.75) is 63.6 Å². The fourth-order valence-electron chi connectivity index (χ4n) is 5.02. The van der Waals surface area contributed by atoms with Gasteiger partial charge in [0.2, 0.25) is 5.91 Å². The number of benzene rings is 1. The highest BCUT2D eigenvalue weighted by molar-refractivity contribution is 5.85. The van der Waals surface area contributed by atoms with E-state index in [4.69, 9.17) is 10.5 Å². The van der Waals surface area contributed by atoms with Crippen molar-refractivity contribution in [2.75, 3.05) is 7.11 Å². The van der Waals surface area contributed by atoms with Crippen LogP contribution in [0.1, 0.15) is 50.5 Å². The van der Waals surface area contributed by atoms with Crippen LogP contribution in [0.4, 0.5) is 0 Å². The van der Waals surface area contributed by atoms with Crippen LogP contribution in [0, 0.1) is 17.8 Å². The number of rotatable bonds is 5. The maximum atomic E-state index is 13.4. The number of carbonyl (C=O) groups is 1. The average Bonchev–Trinajstić information content (AvgIpc) is 3.44. The first kappa shape index (κ1) is 19.5. The molecule has 0 radical (unpaired) electrons. The van der Waals surface area contributed by atoms with Crippen LogP contribution >= 0.6 is 12.4 Å². The highest BCUT2D eigenvalue weighted by Crippen LogP contribution is 2.43. The number of ether oxygens (including phenoxy) is 1. The smallest absolute Gasteiger partial charge is 0.226 e. The van der Waals surface area contributed by atoms with Crippen molar-refractivity contribution in [3.8, 4) is 5.75 Å². The summed E-state index contributed by atoms with van der Waals surface area (Å²) in [5.74, 6) is 2.51. The summed E-state index contributed by atoms with van der Waals surface area (Å²) in [6, 6.07) is 8.81. The van der Waals surface area contributed by atoms with Gasteiger partial charge in [-0.05, 0) is 56.4 Å². The van der Waals surface area contributed by atoms with Crippen LogP contribution in [0.15, 0.2) is 24.3 Å². The van der Waals surface area contributed by atoms with E-state index in [-0.39, 0.29) is 18.3 Å². The molecule has 2 N–H and O–H groups in total. The van der Waals surface area contributed by atoms with E-state index >= 15 is 0 Å². The van der Waals surface area contributed by atoms with E-state index in [1.54, 1.807) is 7.11 Å². The normalized spacial score (nSPS) is 30.2.